The SMILES string of the molecule is CCN(CC)CCn1[nH]c2c3c(=O)ccc(O)c3c(O)c3c(=NCCNCCO)ccc1c32.Cl.Cl. The Balaban J connectivity index is 0.00000216. The van der Waals surface area contributed by atoms with Crippen molar-refractivity contribution in [3.63, 3.8) is 0 Å². The lowest BCUT2D eigenvalue weighted by Crippen LogP contribution is -2.27. The average Bonchev–Trinajstić information content (AvgIpc) is 3.18. The van der Waals surface area contributed by atoms with E-state index < -0.39 is 0 Å². The van der Waals surface area contributed by atoms with Crippen molar-refractivity contribution in [2.45, 2.75) is 20.4 Å². The number of phenols is 2. The number of H-pyrrole nitrogens is 1. The molecular weight excluding hydrogens is 493 g/mol. The number of benzene rings is 3. The number of aliphatic hydroxyl groups is 1. The van der Waals surface area contributed by atoms with E-state index in [1.165, 1.54) is 12.1 Å². The van der Waals surface area contributed by atoms with E-state index in [9.17, 15) is 15.0 Å². The third-order valence-electron chi connectivity index (χ3n) is 6.21. The second-order valence-corrected chi connectivity index (χ2v) is 8.06. The molecule has 3 aromatic carbocycles. The van der Waals surface area contributed by atoms with E-state index in [-0.39, 0.29) is 59.1 Å². The summed E-state index contributed by atoms with van der Waals surface area (Å²) in [6.07, 6.45) is 0. The van der Waals surface area contributed by atoms with E-state index in [1.807, 2.05) is 16.8 Å². The summed E-state index contributed by atoms with van der Waals surface area (Å²) in [5, 5.41) is 39.4. The maximum absolute atomic E-state index is 12.8. The Kier molecular flexibility index (Phi) is 10.2. The zero-order valence-electron chi connectivity index (χ0n) is 19.9. The largest absolute Gasteiger partial charge is 0.507 e. The zero-order chi connectivity index (χ0) is 23.5. The third kappa shape index (κ3) is 5.34. The number of fused-ring (bicyclic) bond motifs is 2. The van der Waals surface area contributed by atoms with Crippen LogP contribution in [0.3, 0.4) is 0 Å². The minimum absolute atomic E-state index is 0. The standard InChI is InChI=1S/C24H31N5O4.2ClH/c1-3-28(4-2)12-13-29-16-6-5-15(26-10-9-25-11-14-30)19-20(16)23(27-29)21-17(31)7-8-18(32)22(21)24(19)33;;/h5-8,25,27,30,32-33H,3-4,9-14H2,1-2H3;2*1H. The molecule has 0 radical (unpaired) electrons. The smallest absolute Gasteiger partial charge is 0.189 e. The van der Waals surface area contributed by atoms with E-state index in [0.717, 1.165) is 30.5 Å². The van der Waals surface area contributed by atoms with Crippen molar-refractivity contribution in [1.82, 2.24) is 20.0 Å². The fourth-order valence-electron chi connectivity index (χ4n) is 4.46. The van der Waals surface area contributed by atoms with Gasteiger partial charge >= 0.3 is 0 Å². The summed E-state index contributed by atoms with van der Waals surface area (Å²) < 4.78 is 1.99. The fourth-order valence-corrected chi connectivity index (χ4v) is 4.46. The Labute approximate surface area is 215 Å². The maximum Gasteiger partial charge on any atom is 0.189 e. The molecule has 1 heterocycles. The lowest BCUT2D eigenvalue weighted by atomic mass is 9.99. The van der Waals surface area contributed by atoms with Gasteiger partial charge in [0.15, 0.2) is 5.43 Å². The van der Waals surface area contributed by atoms with Crippen LogP contribution in [0, 0.1) is 0 Å². The number of nitrogens with zero attached hydrogens (tertiary/aromatic N) is 3. The van der Waals surface area contributed by atoms with Gasteiger partial charge in [0, 0.05) is 25.0 Å². The summed E-state index contributed by atoms with van der Waals surface area (Å²) >= 11 is 0. The molecule has 4 rings (SSSR count). The van der Waals surface area contributed by atoms with Crippen LogP contribution in [0.1, 0.15) is 13.8 Å². The number of nitrogens with one attached hydrogen (secondary N) is 2. The predicted molar refractivity (Wildman–Crippen MR) is 145 cm³/mol. The summed E-state index contributed by atoms with van der Waals surface area (Å²) in [6.45, 7) is 9.22. The molecule has 0 bridgehead atoms. The number of halogens is 2. The normalized spacial score (nSPS) is 12.1. The number of aromatic amines is 1. The number of aromatic hydroxyl groups is 2. The minimum Gasteiger partial charge on any atom is -0.507 e. The highest BCUT2D eigenvalue weighted by atomic mass is 35.5. The first-order valence-electron chi connectivity index (χ1n) is 11.4. The van der Waals surface area contributed by atoms with Crippen LogP contribution in [0.5, 0.6) is 11.5 Å². The average molecular weight is 526 g/mol. The van der Waals surface area contributed by atoms with Crippen LogP contribution in [0.25, 0.3) is 32.6 Å². The fraction of sp³-hybridized carbons (Fsp3) is 0.417. The van der Waals surface area contributed by atoms with Crippen molar-refractivity contribution in [2.24, 2.45) is 4.99 Å². The molecule has 192 valence electrons. The number of likely N-dealkylation sites (N-methyl/N-ethyl adjacent to an activating group) is 1. The highest BCUT2D eigenvalue weighted by Gasteiger charge is 2.22. The van der Waals surface area contributed by atoms with Crippen molar-refractivity contribution in [3.05, 3.63) is 39.8 Å². The molecular formula is C24H33Cl2N5O4. The molecule has 0 fully saturated rings. The van der Waals surface area contributed by atoms with Gasteiger partial charge in [-0.15, -0.1) is 24.8 Å². The summed E-state index contributed by atoms with van der Waals surface area (Å²) in [4.78, 5) is 19.8. The molecule has 0 aliphatic rings. The Bertz CT molecular complexity index is 1400. The van der Waals surface area contributed by atoms with Crippen molar-refractivity contribution in [1.29, 1.82) is 0 Å². The highest BCUT2D eigenvalue weighted by Crippen LogP contribution is 2.41. The number of hydrogen-bond donors (Lipinski definition) is 5. The first kappa shape index (κ1) is 28.7. The number of aliphatic hydroxyl groups excluding tert-OH is 1. The van der Waals surface area contributed by atoms with Crippen LogP contribution in [0.4, 0.5) is 0 Å². The lowest BCUT2D eigenvalue weighted by Gasteiger charge is -2.18. The van der Waals surface area contributed by atoms with Gasteiger partial charge in [-0.3, -0.25) is 19.6 Å². The number of rotatable bonds is 10. The van der Waals surface area contributed by atoms with E-state index in [1.54, 1.807) is 0 Å². The van der Waals surface area contributed by atoms with Crippen LogP contribution < -0.4 is 16.1 Å². The molecule has 4 aromatic rings. The molecule has 0 aliphatic heterocycles. The summed E-state index contributed by atoms with van der Waals surface area (Å²) in [5.74, 6) is -0.292. The van der Waals surface area contributed by atoms with Crippen molar-refractivity contribution < 1.29 is 15.3 Å². The molecule has 1 aromatic heterocycles. The van der Waals surface area contributed by atoms with Crippen molar-refractivity contribution in [3.8, 4) is 11.5 Å². The molecule has 0 aliphatic carbocycles. The molecule has 0 atom stereocenters. The van der Waals surface area contributed by atoms with Gasteiger partial charge in [-0.05, 0) is 37.4 Å². The van der Waals surface area contributed by atoms with E-state index in [0.29, 0.717) is 42.4 Å². The van der Waals surface area contributed by atoms with Crippen molar-refractivity contribution >= 4 is 57.4 Å². The number of aromatic nitrogens is 2. The Hall–Kier alpha value is -2.56. The first-order chi connectivity index (χ1) is 16.0. The van der Waals surface area contributed by atoms with Gasteiger partial charge < -0.3 is 25.5 Å². The summed E-state index contributed by atoms with van der Waals surface area (Å²) in [5.41, 5.74) is 1.18. The monoisotopic (exact) mass is 525 g/mol. The molecule has 0 amide bonds. The van der Waals surface area contributed by atoms with Crippen LogP contribution in [0.15, 0.2) is 34.1 Å². The highest BCUT2D eigenvalue weighted by molar-refractivity contribution is 6.23. The van der Waals surface area contributed by atoms with Gasteiger partial charge in [0.05, 0.1) is 52.2 Å². The van der Waals surface area contributed by atoms with Crippen LogP contribution in [-0.2, 0) is 6.54 Å². The van der Waals surface area contributed by atoms with Gasteiger partial charge in [0.1, 0.15) is 11.5 Å². The number of phenolic OH excluding ortho intramolecular Hbond substituents is 2. The van der Waals surface area contributed by atoms with E-state index >= 15 is 0 Å². The predicted octanol–water partition coefficient (Wildman–Crippen LogP) is 2.15. The molecule has 0 unspecified atom stereocenters. The van der Waals surface area contributed by atoms with Crippen LogP contribution >= 0.6 is 24.8 Å². The maximum atomic E-state index is 12.8. The first-order valence-corrected chi connectivity index (χ1v) is 11.4. The summed E-state index contributed by atoms with van der Waals surface area (Å²) in [6, 6.07) is 6.44. The van der Waals surface area contributed by atoms with Gasteiger partial charge in [-0.25, -0.2) is 0 Å². The quantitative estimate of drug-likeness (QED) is 0.159. The number of hydrogen-bond acceptors (Lipinski definition) is 7. The second-order valence-electron chi connectivity index (χ2n) is 8.06. The molecule has 0 saturated heterocycles. The van der Waals surface area contributed by atoms with E-state index in [4.69, 9.17) is 5.11 Å². The molecule has 11 heteroatoms. The molecule has 5 N–H and O–H groups in total. The van der Waals surface area contributed by atoms with Gasteiger partial charge in [0.25, 0.3) is 0 Å². The second kappa shape index (κ2) is 12.4. The molecule has 0 saturated carbocycles. The topological polar surface area (TPSA) is 126 Å². The third-order valence-corrected chi connectivity index (χ3v) is 6.21. The molecule has 0 spiro atoms. The van der Waals surface area contributed by atoms with Crippen LogP contribution in [-0.4, -0.2) is 75.9 Å². The molecule has 35 heavy (non-hydrogen) atoms. The lowest BCUT2D eigenvalue weighted by molar-refractivity contribution is 0.287. The minimum atomic E-state index is -0.269. The zero-order valence-corrected chi connectivity index (χ0v) is 21.5. The van der Waals surface area contributed by atoms with Gasteiger partial charge in [0.2, 0.25) is 0 Å². The van der Waals surface area contributed by atoms with Gasteiger partial charge in [-0.2, -0.15) is 0 Å². The Morgan fingerprint density at radius 2 is 1.74 bits per heavy atom. The summed E-state index contributed by atoms with van der Waals surface area (Å²) in [7, 11) is 0. The Morgan fingerprint density at radius 1 is 1.00 bits per heavy atom. The van der Waals surface area contributed by atoms with Crippen molar-refractivity contribution in [2.75, 3.05) is 45.9 Å². The van der Waals surface area contributed by atoms with Crippen LogP contribution in [0.2, 0.25) is 0 Å². The van der Waals surface area contributed by atoms with Gasteiger partial charge in [-0.1, -0.05) is 13.8 Å². The molecule has 9 nitrogen and oxygen atoms in total. The van der Waals surface area contributed by atoms with E-state index in [2.05, 4.69) is 34.2 Å². The Morgan fingerprint density at radius 3 is 2.43 bits per heavy atom.